The van der Waals surface area contributed by atoms with Crippen molar-refractivity contribution < 1.29 is 57.7 Å². The van der Waals surface area contributed by atoms with Gasteiger partial charge in [0.25, 0.3) is 0 Å². The van der Waals surface area contributed by atoms with Crippen LogP contribution in [-0.2, 0) is 25.9 Å². The van der Waals surface area contributed by atoms with E-state index in [-0.39, 0.29) is 46.4 Å². The minimum atomic E-state index is -0.324. The van der Waals surface area contributed by atoms with Crippen LogP contribution < -0.4 is 37.2 Å². The van der Waals surface area contributed by atoms with Crippen molar-refractivity contribution in [3.05, 3.63) is 129 Å². The molecule has 0 nitrogen and oxygen atoms in total. The molecule has 1 aliphatic rings. The van der Waals surface area contributed by atoms with Crippen LogP contribution in [0.25, 0.3) is 0 Å². The molecule has 0 spiro atoms. The molecule has 0 N–H and O–H groups in total. The quantitative estimate of drug-likeness (QED) is 0.286. The number of rotatable bonds is 4. The number of hydrogen-bond acceptors (Lipinski definition) is 0. The molecule has 0 saturated carbocycles. The molecule has 4 heteroatoms. The van der Waals surface area contributed by atoms with Crippen LogP contribution >= 0.6 is 0 Å². The van der Waals surface area contributed by atoms with Crippen molar-refractivity contribution in [3.63, 3.8) is 0 Å². The Morgan fingerprint density at radius 1 is 0.606 bits per heavy atom. The second kappa shape index (κ2) is 11.4. The summed E-state index contributed by atoms with van der Waals surface area (Å²) in [5, 5.41) is 0. The molecular formula is C29H29Cl3Ti. The summed E-state index contributed by atoms with van der Waals surface area (Å²) in [4.78, 5) is 0. The Kier molecular flexibility index (Phi) is 10.3. The third-order valence-electron chi connectivity index (χ3n) is 6.71. The van der Waals surface area contributed by atoms with Gasteiger partial charge in [0.05, 0.1) is 0 Å². The fourth-order valence-corrected chi connectivity index (χ4v) is 6.15. The first-order valence-electron chi connectivity index (χ1n) is 10.6. The summed E-state index contributed by atoms with van der Waals surface area (Å²) < 4.78 is -0.174. The molecule has 3 aromatic carbocycles. The number of halogens is 3. The zero-order valence-electron chi connectivity index (χ0n) is 19.7. The summed E-state index contributed by atoms with van der Waals surface area (Å²) >= 11 is 2.42. The van der Waals surface area contributed by atoms with Gasteiger partial charge in [-0.2, -0.15) is 0 Å². The van der Waals surface area contributed by atoms with Gasteiger partial charge in [-0.15, -0.1) is 0 Å². The van der Waals surface area contributed by atoms with Crippen LogP contribution in [-0.4, -0.2) is 0 Å². The normalized spacial score (nSPS) is 17.2. The van der Waals surface area contributed by atoms with Crippen LogP contribution in [0.15, 0.2) is 96.1 Å². The van der Waals surface area contributed by atoms with E-state index in [1.54, 1.807) is 0 Å². The SMILES string of the molecule is CC1=C(C)[C]([Ti+3])(C(c2cccc(C)c2)(c2cccc(C)c2)c2cccc(C)c2)C=C1.[Cl-].[Cl-].[Cl-]. The zero-order chi connectivity index (χ0) is 21.5. The summed E-state index contributed by atoms with van der Waals surface area (Å²) in [7, 11) is 0. The topological polar surface area (TPSA) is 0 Å². The third kappa shape index (κ3) is 4.93. The Hall–Kier alpha value is -1.28. The molecule has 1 aliphatic carbocycles. The zero-order valence-corrected chi connectivity index (χ0v) is 23.5. The number of benzene rings is 3. The summed E-state index contributed by atoms with van der Waals surface area (Å²) in [5.74, 6) is 0. The molecule has 0 bridgehead atoms. The number of aryl methyl sites for hydroxylation is 3. The van der Waals surface area contributed by atoms with E-state index in [0.717, 1.165) is 0 Å². The first-order valence-corrected chi connectivity index (χ1v) is 11.4. The van der Waals surface area contributed by atoms with E-state index in [9.17, 15) is 0 Å². The smallest absolute Gasteiger partial charge is 1.00 e. The maximum Gasteiger partial charge on any atom is -1.00 e. The average Bonchev–Trinajstić information content (AvgIpc) is 2.97. The van der Waals surface area contributed by atoms with Crippen molar-refractivity contribution in [2.24, 2.45) is 0 Å². The third-order valence-corrected chi connectivity index (χ3v) is 8.14. The molecular weight excluding hydrogens is 503 g/mol. The van der Waals surface area contributed by atoms with Crippen molar-refractivity contribution in [2.75, 3.05) is 0 Å². The van der Waals surface area contributed by atoms with Crippen LogP contribution in [0.5, 0.6) is 0 Å². The fraction of sp³-hybridized carbons (Fsp3) is 0.241. The van der Waals surface area contributed by atoms with Crippen molar-refractivity contribution in [2.45, 2.75) is 43.8 Å². The van der Waals surface area contributed by atoms with Crippen molar-refractivity contribution in [1.82, 2.24) is 0 Å². The molecule has 0 aromatic heterocycles. The molecule has 0 amide bonds. The molecule has 33 heavy (non-hydrogen) atoms. The van der Waals surface area contributed by atoms with E-state index in [4.69, 9.17) is 0 Å². The predicted octanol–water partition coefficient (Wildman–Crippen LogP) is -1.43. The Bertz CT molecular complexity index is 1070. The van der Waals surface area contributed by atoms with Gasteiger partial charge in [-0.05, 0) is 0 Å². The van der Waals surface area contributed by atoms with E-state index in [0.29, 0.717) is 0 Å². The van der Waals surface area contributed by atoms with E-state index in [1.807, 2.05) is 0 Å². The van der Waals surface area contributed by atoms with Crippen LogP contribution in [0.3, 0.4) is 0 Å². The summed E-state index contributed by atoms with van der Waals surface area (Å²) in [6, 6.07) is 27.3. The van der Waals surface area contributed by atoms with Gasteiger partial charge in [-0.3, -0.25) is 0 Å². The fourth-order valence-electron chi connectivity index (χ4n) is 5.04. The van der Waals surface area contributed by atoms with Crippen LogP contribution in [0, 0.1) is 20.8 Å². The van der Waals surface area contributed by atoms with Gasteiger partial charge in [0.15, 0.2) is 0 Å². The van der Waals surface area contributed by atoms with Gasteiger partial charge >= 0.3 is 194 Å². The molecule has 170 valence electrons. The molecule has 0 heterocycles. The summed E-state index contributed by atoms with van der Waals surface area (Å²) in [6.45, 7) is 11.1. The minimum Gasteiger partial charge on any atom is -1.00 e. The van der Waals surface area contributed by atoms with Crippen molar-refractivity contribution in [3.8, 4) is 0 Å². The van der Waals surface area contributed by atoms with E-state index >= 15 is 0 Å². The standard InChI is InChI=1S/C29H29.3ClH.Ti/c1-20-9-6-12-25(17-20)29(26-13-7-10-21(2)18-26,27-14-8-11-22(3)19-27)28-16-15-23(4)24(28)5;;;;/h6-19H,1-5H3;3*1H;/q;;;;+3/p-3. The average molecular weight is 532 g/mol. The van der Waals surface area contributed by atoms with Crippen LogP contribution in [0.2, 0.25) is 3.72 Å². The van der Waals surface area contributed by atoms with Crippen molar-refractivity contribution >= 4 is 0 Å². The van der Waals surface area contributed by atoms with E-state index < -0.39 is 0 Å². The Morgan fingerprint density at radius 2 is 0.970 bits per heavy atom. The maximum atomic E-state index is 2.44. The second-order valence-electron chi connectivity index (χ2n) is 8.81. The molecule has 1 atom stereocenters. The molecule has 4 rings (SSSR count). The second-order valence-corrected chi connectivity index (χ2v) is 10.0. The first kappa shape index (κ1) is 29.8. The predicted molar refractivity (Wildman–Crippen MR) is 124 cm³/mol. The Labute approximate surface area is 229 Å². The molecule has 0 radical (unpaired) electrons. The first-order chi connectivity index (χ1) is 14.3. The van der Waals surface area contributed by atoms with Crippen LogP contribution in [0.1, 0.15) is 47.2 Å². The van der Waals surface area contributed by atoms with Gasteiger partial charge < -0.3 is 37.2 Å². The van der Waals surface area contributed by atoms with E-state index in [2.05, 4.69) is 140 Å². The summed E-state index contributed by atoms with van der Waals surface area (Å²) in [6.07, 6.45) is 4.75. The monoisotopic (exact) mass is 530 g/mol. The molecule has 0 fully saturated rings. The molecule has 0 aliphatic heterocycles. The molecule has 0 saturated heterocycles. The van der Waals surface area contributed by atoms with Gasteiger partial charge in [0.1, 0.15) is 0 Å². The van der Waals surface area contributed by atoms with Gasteiger partial charge in [-0.25, -0.2) is 0 Å². The molecule has 1 unspecified atom stereocenters. The minimum absolute atomic E-state index is 0. The Balaban J connectivity index is 0.00000181. The van der Waals surface area contributed by atoms with Gasteiger partial charge in [-0.1, -0.05) is 0 Å². The number of hydrogen-bond donors (Lipinski definition) is 0. The molecule has 3 aromatic rings. The van der Waals surface area contributed by atoms with Gasteiger partial charge in [0, 0.05) is 0 Å². The van der Waals surface area contributed by atoms with Crippen LogP contribution in [0.4, 0.5) is 0 Å². The summed E-state index contributed by atoms with van der Waals surface area (Å²) in [5.41, 5.74) is 10.4. The Morgan fingerprint density at radius 3 is 1.24 bits per heavy atom. The maximum absolute atomic E-state index is 2.44. The van der Waals surface area contributed by atoms with Gasteiger partial charge in [0.2, 0.25) is 0 Å². The van der Waals surface area contributed by atoms with Crippen molar-refractivity contribution in [1.29, 1.82) is 0 Å². The van der Waals surface area contributed by atoms with E-state index in [1.165, 1.54) is 44.5 Å². The number of allylic oxidation sites excluding steroid dienone is 4. The largest absolute Gasteiger partial charge is 1.00 e.